The molecule has 0 aliphatic carbocycles. The van der Waals surface area contributed by atoms with E-state index in [-0.39, 0.29) is 30.8 Å². The quantitative estimate of drug-likeness (QED) is 0.562. The summed E-state index contributed by atoms with van der Waals surface area (Å²) in [4.78, 5) is 23.4. The summed E-state index contributed by atoms with van der Waals surface area (Å²) in [7, 11) is 0. The van der Waals surface area contributed by atoms with Crippen molar-refractivity contribution >= 4 is 23.5 Å². The molecule has 2 aliphatic heterocycles. The number of halogens is 4. The van der Waals surface area contributed by atoms with E-state index in [1.807, 2.05) is 6.07 Å². The third-order valence-electron chi connectivity index (χ3n) is 6.25. The molecule has 0 saturated carbocycles. The minimum Gasteiger partial charge on any atom is -0.368 e. The van der Waals surface area contributed by atoms with Gasteiger partial charge >= 0.3 is 6.18 Å². The predicted octanol–water partition coefficient (Wildman–Crippen LogP) is 4.49. The highest BCUT2D eigenvalue weighted by molar-refractivity contribution is 6.34. The first-order valence-corrected chi connectivity index (χ1v) is 11.6. The van der Waals surface area contributed by atoms with Crippen molar-refractivity contribution in [2.75, 3.05) is 18.9 Å². The minimum atomic E-state index is -4.66. The number of fused-ring (bicyclic) bond motifs is 1. The molecule has 184 valence electrons. The Hall–Kier alpha value is -3.18. The van der Waals surface area contributed by atoms with E-state index in [0.717, 1.165) is 36.6 Å². The average Bonchev–Trinajstić information content (AvgIpc) is 3.32. The molecule has 1 aromatic carbocycles. The summed E-state index contributed by atoms with van der Waals surface area (Å²) in [5, 5.41) is 3.82. The maximum atomic E-state index is 13.3. The van der Waals surface area contributed by atoms with E-state index in [9.17, 15) is 18.0 Å². The molecule has 3 aromatic rings. The molecule has 2 aromatic heterocycles. The number of hydrogen-bond acceptors (Lipinski definition) is 6. The van der Waals surface area contributed by atoms with E-state index in [2.05, 4.69) is 15.1 Å². The van der Waals surface area contributed by atoms with Crippen LogP contribution in [0.3, 0.4) is 0 Å². The van der Waals surface area contributed by atoms with Crippen LogP contribution in [0.4, 0.5) is 19.1 Å². The highest BCUT2D eigenvalue weighted by atomic mass is 35.5. The first kappa shape index (κ1) is 23.6. The molecular weight excluding hydrogens is 485 g/mol. The Balaban J connectivity index is 1.46. The first-order valence-electron chi connectivity index (χ1n) is 11.2. The van der Waals surface area contributed by atoms with Gasteiger partial charge in [0.2, 0.25) is 5.95 Å². The van der Waals surface area contributed by atoms with Crippen LogP contribution < -0.4 is 5.73 Å². The number of nitrogens with two attached hydrogens (primary N) is 1. The fourth-order valence-electron chi connectivity index (χ4n) is 4.57. The second-order valence-corrected chi connectivity index (χ2v) is 8.86. The van der Waals surface area contributed by atoms with Gasteiger partial charge in [0, 0.05) is 24.9 Å². The Labute approximate surface area is 203 Å². The van der Waals surface area contributed by atoms with Crippen LogP contribution in [0.5, 0.6) is 0 Å². The lowest BCUT2D eigenvalue weighted by atomic mass is 9.99. The zero-order valence-electron chi connectivity index (χ0n) is 18.6. The number of rotatable bonds is 3. The molecule has 12 heteroatoms. The summed E-state index contributed by atoms with van der Waals surface area (Å²) >= 11 is 5.98. The topological polar surface area (TPSA) is 99.2 Å². The van der Waals surface area contributed by atoms with Gasteiger partial charge in [-0.25, -0.2) is 14.6 Å². The number of hydrogen-bond donors (Lipinski definition) is 1. The van der Waals surface area contributed by atoms with Gasteiger partial charge in [-0.05, 0) is 43.9 Å². The van der Waals surface area contributed by atoms with Crippen molar-refractivity contribution < 1.29 is 22.7 Å². The van der Waals surface area contributed by atoms with Gasteiger partial charge in [0.05, 0.1) is 39.8 Å². The fraction of sp³-hybridized carbons (Fsp3) is 0.391. The normalized spacial score (nSPS) is 18.4. The van der Waals surface area contributed by atoms with Crippen LogP contribution in [0.15, 0.2) is 30.5 Å². The average molecular weight is 507 g/mol. The standard InChI is InChI=1S/C23H22ClF3N6O2/c24-19-14(4-3-5-15(19)23(25,26)27)21(34)32-10-8-13-16(12-32)30-22(28)31-20(13)17-7-9-29-33(17)18-6-1-2-11-35-18/h3-5,7,9,18H,1-2,6,8,10-12H2,(H2,28,30,31). The van der Waals surface area contributed by atoms with E-state index in [4.69, 9.17) is 22.1 Å². The summed E-state index contributed by atoms with van der Waals surface area (Å²) in [5.74, 6) is -0.575. The third-order valence-corrected chi connectivity index (χ3v) is 6.65. The number of nitrogens with zero attached hydrogens (tertiary/aromatic N) is 5. The Morgan fingerprint density at radius 1 is 1.20 bits per heavy atom. The van der Waals surface area contributed by atoms with Crippen molar-refractivity contribution in [1.29, 1.82) is 0 Å². The molecule has 1 saturated heterocycles. The number of anilines is 1. The van der Waals surface area contributed by atoms with Crippen LogP contribution in [-0.2, 0) is 23.9 Å². The number of amides is 1. The molecule has 2 aliphatic rings. The van der Waals surface area contributed by atoms with Gasteiger partial charge in [0.1, 0.15) is 0 Å². The zero-order valence-corrected chi connectivity index (χ0v) is 19.3. The van der Waals surface area contributed by atoms with E-state index in [0.29, 0.717) is 24.4 Å². The van der Waals surface area contributed by atoms with Crippen LogP contribution in [-0.4, -0.2) is 43.7 Å². The molecule has 35 heavy (non-hydrogen) atoms. The third kappa shape index (κ3) is 4.45. The Morgan fingerprint density at radius 3 is 2.77 bits per heavy atom. The van der Waals surface area contributed by atoms with Gasteiger partial charge in [-0.15, -0.1) is 0 Å². The van der Waals surface area contributed by atoms with Crippen molar-refractivity contribution in [2.24, 2.45) is 0 Å². The van der Waals surface area contributed by atoms with Gasteiger partial charge in [0.15, 0.2) is 6.23 Å². The molecule has 4 heterocycles. The number of nitrogen functional groups attached to an aromatic ring is 1. The Kier molecular flexibility index (Phi) is 6.14. The van der Waals surface area contributed by atoms with Gasteiger partial charge < -0.3 is 15.4 Å². The van der Waals surface area contributed by atoms with E-state index >= 15 is 0 Å². The van der Waals surface area contributed by atoms with Crippen LogP contribution >= 0.6 is 11.6 Å². The minimum absolute atomic E-state index is 0.0301. The maximum absolute atomic E-state index is 13.3. The number of ether oxygens (including phenoxy) is 1. The Bertz CT molecular complexity index is 1270. The predicted molar refractivity (Wildman–Crippen MR) is 121 cm³/mol. The number of alkyl halides is 3. The highest BCUT2D eigenvalue weighted by Gasteiger charge is 2.36. The van der Waals surface area contributed by atoms with Crippen molar-refractivity contribution in [2.45, 2.75) is 44.6 Å². The van der Waals surface area contributed by atoms with E-state index < -0.39 is 22.7 Å². The SMILES string of the molecule is Nc1nc2c(c(-c3ccnn3C3CCCCO3)n1)CCN(C(=O)c1cccc(C(F)(F)F)c1Cl)C2. The summed E-state index contributed by atoms with van der Waals surface area (Å²) in [5.41, 5.74) is 7.46. The zero-order chi connectivity index (χ0) is 24.7. The number of carbonyl (C=O) groups excluding carboxylic acids is 1. The van der Waals surface area contributed by atoms with Crippen LogP contribution in [0.1, 0.15) is 52.7 Å². The maximum Gasteiger partial charge on any atom is 0.417 e. The second kappa shape index (κ2) is 9.12. The van der Waals surface area contributed by atoms with Crippen LogP contribution in [0, 0.1) is 0 Å². The van der Waals surface area contributed by atoms with E-state index in [1.54, 1.807) is 10.9 Å². The lowest BCUT2D eigenvalue weighted by Crippen LogP contribution is -2.37. The second-order valence-electron chi connectivity index (χ2n) is 8.48. The van der Waals surface area contributed by atoms with Gasteiger partial charge in [-0.2, -0.15) is 18.3 Å². The molecule has 8 nitrogen and oxygen atoms in total. The monoisotopic (exact) mass is 506 g/mol. The molecule has 5 rings (SSSR count). The highest BCUT2D eigenvalue weighted by Crippen LogP contribution is 2.37. The van der Waals surface area contributed by atoms with E-state index in [1.165, 1.54) is 17.0 Å². The molecule has 2 N–H and O–H groups in total. The largest absolute Gasteiger partial charge is 0.417 e. The summed E-state index contributed by atoms with van der Waals surface area (Å²) in [6.07, 6.45) is 0.0635. The van der Waals surface area contributed by atoms with Crippen LogP contribution in [0.25, 0.3) is 11.4 Å². The first-order chi connectivity index (χ1) is 16.7. The van der Waals surface area contributed by atoms with Crippen molar-refractivity contribution in [1.82, 2.24) is 24.6 Å². The molecule has 0 spiro atoms. The Morgan fingerprint density at radius 2 is 2.03 bits per heavy atom. The molecule has 1 atom stereocenters. The van der Waals surface area contributed by atoms with Crippen molar-refractivity contribution in [3.8, 4) is 11.4 Å². The lowest BCUT2D eigenvalue weighted by molar-refractivity contribution is -0.137. The van der Waals surface area contributed by atoms with Gasteiger partial charge in [-0.1, -0.05) is 17.7 Å². The van der Waals surface area contributed by atoms with Crippen molar-refractivity contribution in [3.63, 3.8) is 0 Å². The molecular formula is C23H22ClF3N6O2. The number of aromatic nitrogens is 4. The van der Waals surface area contributed by atoms with Gasteiger partial charge in [0.25, 0.3) is 5.91 Å². The number of carbonyl (C=O) groups is 1. The molecule has 1 unspecified atom stereocenters. The summed E-state index contributed by atoms with van der Waals surface area (Å²) in [6, 6.07) is 5.15. The van der Waals surface area contributed by atoms with Gasteiger partial charge in [-0.3, -0.25) is 4.79 Å². The van der Waals surface area contributed by atoms with Crippen molar-refractivity contribution in [3.05, 3.63) is 57.9 Å². The van der Waals surface area contributed by atoms with Crippen LogP contribution in [0.2, 0.25) is 5.02 Å². The number of benzene rings is 1. The molecule has 0 radical (unpaired) electrons. The fourth-order valence-corrected chi connectivity index (χ4v) is 4.88. The smallest absolute Gasteiger partial charge is 0.368 e. The lowest BCUT2D eigenvalue weighted by Gasteiger charge is -2.30. The molecule has 1 fully saturated rings. The summed E-state index contributed by atoms with van der Waals surface area (Å²) in [6.45, 7) is 0.977. The molecule has 1 amide bonds. The summed E-state index contributed by atoms with van der Waals surface area (Å²) < 4.78 is 47.5. The molecule has 0 bridgehead atoms.